The van der Waals surface area contributed by atoms with E-state index in [0.717, 1.165) is 45.6 Å². The van der Waals surface area contributed by atoms with Crippen molar-refractivity contribution in [2.24, 2.45) is 0 Å². The topological polar surface area (TPSA) is 72.3 Å². The summed E-state index contributed by atoms with van der Waals surface area (Å²) in [4.78, 5) is 25.1. The van der Waals surface area contributed by atoms with Crippen molar-refractivity contribution < 1.29 is 22.8 Å². The second-order valence-corrected chi connectivity index (χ2v) is 10.5. The summed E-state index contributed by atoms with van der Waals surface area (Å²) in [6, 6.07) is 7.15. The summed E-state index contributed by atoms with van der Waals surface area (Å²) >= 11 is 1.59. The summed E-state index contributed by atoms with van der Waals surface area (Å²) in [5, 5.41) is 6.59. The van der Waals surface area contributed by atoms with Crippen LogP contribution in [-0.4, -0.2) is 38.7 Å². The summed E-state index contributed by atoms with van der Waals surface area (Å²) in [7, 11) is 0. The number of amides is 1. The van der Waals surface area contributed by atoms with Crippen LogP contribution in [-0.2, 0) is 22.4 Å². The molecule has 2 aromatic heterocycles. The molecular formula is C26H28F3N5O2S. The minimum atomic E-state index is -4.53. The number of hydroxylamine groups is 1. The van der Waals surface area contributed by atoms with Crippen molar-refractivity contribution >= 4 is 22.9 Å². The number of alkyl halides is 3. The van der Waals surface area contributed by atoms with E-state index >= 15 is 0 Å². The van der Waals surface area contributed by atoms with E-state index in [0.29, 0.717) is 18.8 Å². The zero-order chi connectivity index (χ0) is 26.3. The molecule has 0 spiro atoms. The molecule has 1 N–H and O–H groups in total. The zero-order valence-electron chi connectivity index (χ0n) is 20.8. The summed E-state index contributed by atoms with van der Waals surface area (Å²) < 4.78 is 39.9. The lowest BCUT2D eigenvalue weighted by Gasteiger charge is -2.31. The van der Waals surface area contributed by atoms with Gasteiger partial charge in [-0.25, -0.2) is 4.98 Å². The highest BCUT2D eigenvalue weighted by Crippen LogP contribution is 2.35. The van der Waals surface area contributed by atoms with Crippen molar-refractivity contribution in [2.75, 3.05) is 13.1 Å². The predicted molar refractivity (Wildman–Crippen MR) is 133 cm³/mol. The van der Waals surface area contributed by atoms with E-state index < -0.39 is 11.9 Å². The van der Waals surface area contributed by atoms with Crippen LogP contribution >= 0.6 is 11.3 Å². The molecule has 0 aliphatic carbocycles. The molecule has 1 fully saturated rings. The van der Waals surface area contributed by atoms with Crippen molar-refractivity contribution in [1.29, 1.82) is 0 Å². The number of aromatic nitrogens is 3. The third-order valence-electron chi connectivity index (χ3n) is 6.99. The maximum atomic E-state index is 12.9. The Balaban J connectivity index is 1.19. The summed E-state index contributed by atoms with van der Waals surface area (Å²) in [5.74, 6) is -0.00314. The van der Waals surface area contributed by atoms with E-state index in [1.165, 1.54) is 18.1 Å². The maximum Gasteiger partial charge on any atom is 0.435 e. The fourth-order valence-electron chi connectivity index (χ4n) is 4.91. The third-order valence-corrected chi connectivity index (χ3v) is 8.00. The molecule has 2 aliphatic heterocycles. The van der Waals surface area contributed by atoms with Gasteiger partial charge in [0.05, 0.1) is 16.4 Å². The van der Waals surface area contributed by atoms with Crippen molar-refractivity contribution in [3.05, 3.63) is 74.5 Å². The molecule has 1 unspecified atom stereocenters. The van der Waals surface area contributed by atoms with Crippen LogP contribution in [0.3, 0.4) is 0 Å². The number of piperidine rings is 1. The SMILES string of the molecule is Cc1cccc(C)c1C1C=C(c2csc(C3CCN(C(=O)Cn4nc(C(F)(F)F)cc4C)CC3)n2)NO1. The average Bonchev–Trinajstić information content (AvgIpc) is 3.59. The summed E-state index contributed by atoms with van der Waals surface area (Å²) in [6.45, 7) is 6.53. The molecule has 0 bridgehead atoms. The maximum absolute atomic E-state index is 12.9. The number of nitrogens with zero attached hydrogens (tertiary/aromatic N) is 4. The Morgan fingerprint density at radius 1 is 1.19 bits per heavy atom. The summed E-state index contributed by atoms with van der Waals surface area (Å²) in [6.07, 6.45) is -1.16. The first-order chi connectivity index (χ1) is 17.6. The first-order valence-electron chi connectivity index (χ1n) is 12.1. The van der Waals surface area contributed by atoms with Gasteiger partial charge in [0.2, 0.25) is 5.91 Å². The number of hydrogen-bond acceptors (Lipinski definition) is 6. The van der Waals surface area contributed by atoms with E-state index in [9.17, 15) is 18.0 Å². The van der Waals surface area contributed by atoms with E-state index in [1.54, 1.807) is 16.2 Å². The molecule has 1 atom stereocenters. The lowest BCUT2D eigenvalue weighted by atomic mass is 9.97. The number of halogens is 3. The Morgan fingerprint density at radius 2 is 1.89 bits per heavy atom. The van der Waals surface area contributed by atoms with Crippen molar-refractivity contribution in [1.82, 2.24) is 25.1 Å². The molecule has 11 heteroatoms. The molecule has 0 saturated carbocycles. The van der Waals surface area contributed by atoms with Gasteiger partial charge in [-0.05, 0) is 62.4 Å². The van der Waals surface area contributed by atoms with Gasteiger partial charge in [0.1, 0.15) is 12.6 Å². The van der Waals surface area contributed by atoms with Crippen LogP contribution in [0.5, 0.6) is 0 Å². The minimum Gasteiger partial charge on any atom is -0.341 e. The molecule has 3 aromatic rings. The monoisotopic (exact) mass is 531 g/mol. The number of likely N-dealkylation sites (tertiary alicyclic amines) is 1. The molecule has 4 heterocycles. The number of thiazole rings is 1. The number of carbonyl (C=O) groups is 1. The van der Waals surface area contributed by atoms with E-state index in [2.05, 4.69) is 42.6 Å². The van der Waals surface area contributed by atoms with E-state index in [-0.39, 0.29) is 24.5 Å². The van der Waals surface area contributed by atoms with Crippen molar-refractivity contribution in [2.45, 2.75) is 58.4 Å². The van der Waals surface area contributed by atoms with Gasteiger partial charge < -0.3 is 4.90 Å². The first kappa shape index (κ1) is 25.5. The van der Waals surface area contributed by atoms with Crippen LogP contribution in [0.1, 0.15) is 63.6 Å². The smallest absolute Gasteiger partial charge is 0.341 e. The number of benzene rings is 1. The lowest BCUT2D eigenvalue weighted by Crippen LogP contribution is -2.40. The minimum absolute atomic E-state index is 0.179. The lowest BCUT2D eigenvalue weighted by molar-refractivity contribution is -0.142. The first-order valence-corrected chi connectivity index (χ1v) is 13.0. The Morgan fingerprint density at radius 3 is 2.54 bits per heavy atom. The normalized spacial score (nSPS) is 18.7. The van der Waals surface area contributed by atoms with Crippen LogP contribution in [0.15, 0.2) is 35.7 Å². The predicted octanol–water partition coefficient (Wildman–Crippen LogP) is 5.31. The van der Waals surface area contributed by atoms with Crippen LogP contribution in [0.2, 0.25) is 0 Å². The van der Waals surface area contributed by atoms with Crippen LogP contribution in [0.25, 0.3) is 5.70 Å². The molecule has 2 aliphatic rings. The quantitative estimate of drug-likeness (QED) is 0.483. The van der Waals surface area contributed by atoms with Crippen molar-refractivity contribution in [3.63, 3.8) is 0 Å². The number of carbonyl (C=O) groups excluding carboxylic acids is 1. The van der Waals surface area contributed by atoms with Crippen LogP contribution in [0.4, 0.5) is 13.2 Å². The molecule has 7 nitrogen and oxygen atoms in total. The third kappa shape index (κ3) is 5.28. The standard InChI is InChI=1S/C26H28F3N5O2S/c1-15-5-4-6-16(2)24(15)21-12-19(32-36-21)20-14-37-25(30-20)18-7-9-33(10-8-18)23(35)13-34-17(3)11-22(31-34)26(27,28)29/h4-6,11-12,14,18,21,32H,7-10,13H2,1-3H3. The van der Waals surface area contributed by atoms with Gasteiger partial charge in [0, 0.05) is 30.1 Å². The highest BCUT2D eigenvalue weighted by Gasteiger charge is 2.35. The van der Waals surface area contributed by atoms with Gasteiger partial charge in [-0.2, -0.15) is 18.3 Å². The Bertz CT molecular complexity index is 1320. The second kappa shape index (κ2) is 9.94. The second-order valence-electron chi connectivity index (χ2n) is 9.58. The van der Waals surface area contributed by atoms with Gasteiger partial charge >= 0.3 is 6.18 Å². The van der Waals surface area contributed by atoms with Gasteiger partial charge in [-0.15, -0.1) is 11.3 Å². The number of aryl methyl sites for hydroxylation is 3. The van der Waals surface area contributed by atoms with Crippen molar-refractivity contribution in [3.8, 4) is 0 Å². The fraction of sp³-hybridized carbons (Fsp3) is 0.423. The van der Waals surface area contributed by atoms with Gasteiger partial charge in [0.15, 0.2) is 5.69 Å². The van der Waals surface area contributed by atoms with Gasteiger partial charge in [-0.3, -0.25) is 19.8 Å². The van der Waals surface area contributed by atoms with Gasteiger partial charge in [-0.1, -0.05) is 18.2 Å². The number of hydrogen-bond donors (Lipinski definition) is 1. The van der Waals surface area contributed by atoms with Crippen LogP contribution in [0, 0.1) is 20.8 Å². The van der Waals surface area contributed by atoms with E-state index in [1.807, 2.05) is 11.4 Å². The highest BCUT2D eigenvalue weighted by atomic mass is 32.1. The molecule has 196 valence electrons. The number of nitrogens with one attached hydrogen (secondary N) is 1. The molecular weight excluding hydrogens is 503 g/mol. The molecule has 1 aromatic carbocycles. The highest BCUT2D eigenvalue weighted by molar-refractivity contribution is 7.09. The fourth-order valence-corrected chi connectivity index (χ4v) is 5.91. The van der Waals surface area contributed by atoms with Gasteiger partial charge in [0.25, 0.3) is 0 Å². The zero-order valence-corrected chi connectivity index (χ0v) is 21.6. The average molecular weight is 532 g/mol. The van der Waals surface area contributed by atoms with E-state index in [4.69, 9.17) is 9.82 Å². The van der Waals surface area contributed by atoms with Crippen LogP contribution < -0.4 is 5.48 Å². The molecule has 1 saturated heterocycles. The Labute approximate surface area is 216 Å². The molecule has 0 radical (unpaired) electrons. The Kier molecular flexibility index (Phi) is 6.84. The number of rotatable bonds is 5. The molecule has 37 heavy (non-hydrogen) atoms. The molecule has 1 amide bonds. The molecule has 5 rings (SSSR count). The Hall–Kier alpha value is -3.18. The largest absolute Gasteiger partial charge is 0.435 e. The summed E-state index contributed by atoms with van der Waals surface area (Å²) in [5.41, 5.74) is 7.54.